The van der Waals surface area contributed by atoms with E-state index in [1.54, 1.807) is 0 Å². The third-order valence-electron chi connectivity index (χ3n) is 3.71. The van der Waals surface area contributed by atoms with Crippen molar-refractivity contribution in [3.8, 4) is 0 Å². The highest BCUT2D eigenvalue weighted by atomic mass is 16.2. The van der Waals surface area contributed by atoms with Crippen LogP contribution in [0.25, 0.3) is 0 Å². The van der Waals surface area contributed by atoms with E-state index in [1.165, 1.54) is 17.0 Å². The smallest absolute Gasteiger partial charge is 0.317 e. The fourth-order valence-corrected chi connectivity index (χ4v) is 2.26. The fraction of sp³-hybridized carbons (Fsp3) is 0.615. The summed E-state index contributed by atoms with van der Waals surface area (Å²) >= 11 is 0. The number of amides is 2. The van der Waals surface area contributed by atoms with Crippen LogP contribution in [0.3, 0.4) is 0 Å². The van der Waals surface area contributed by atoms with Crippen LogP contribution in [-0.2, 0) is 13.6 Å². The second-order valence-electron chi connectivity index (χ2n) is 4.85. The van der Waals surface area contributed by atoms with Crippen molar-refractivity contribution in [2.45, 2.75) is 20.4 Å². The third kappa shape index (κ3) is 2.67. The van der Waals surface area contributed by atoms with Gasteiger partial charge in [0.2, 0.25) is 0 Å². The number of hydrogen-bond donors (Lipinski definition) is 2. The van der Waals surface area contributed by atoms with Gasteiger partial charge < -0.3 is 20.1 Å². The molecule has 2 N–H and O–H groups in total. The zero-order valence-electron chi connectivity index (χ0n) is 11.4. The Morgan fingerprint density at radius 1 is 1.39 bits per heavy atom. The van der Waals surface area contributed by atoms with Gasteiger partial charge in [-0.2, -0.15) is 0 Å². The van der Waals surface area contributed by atoms with Gasteiger partial charge in [0.25, 0.3) is 0 Å². The van der Waals surface area contributed by atoms with Gasteiger partial charge in [-0.3, -0.25) is 0 Å². The molecule has 1 aliphatic heterocycles. The molecule has 5 heteroatoms. The lowest BCUT2D eigenvalue weighted by atomic mass is 10.2. The maximum absolute atomic E-state index is 12.0. The number of aromatic nitrogens is 1. The largest absolute Gasteiger partial charge is 0.352 e. The van der Waals surface area contributed by atoms with Crippen LogP contribution in [0.1, 0.15) is 17.0 Å². The van der Waals surface area contributed by atoms with E-state index >= 15 is 0 Å². The quantitative estimate of drug-likeness (QED) is 0.814. The molecule has 1 aromatic heterocycles. The van der Waals surface area contributed by atoms with Crippen LogP contribution < -0.4 is 10.6 Å². The first-order valence-corrected chi connectivity index (χ1v) is 6.45. The number of hydrogen-bond acceptors (Lipinski definition) is 2. The van der Waals surface area contributed by atoms with E-state index in [2.05, 4.69) is 35.1 Å². The van der Waals surface area contributed by atoms with Crippen molar-refractivity contribution >= 4 is 6.03 Å². The van der Waals surface area contributed by atoms with E-state index in [-0.39, 0.29) is 6.03 Å². The Kier molecular flexibility index (Phi) is 3.91. The molecule has 0 aromatic carbocycles. The van der Waals surface area contributed by atoms with Crippen molar-refractivity contribution in [1.82, 2.24) is 20.1 Å². The van der Waals surface area contributed by atoms with E-state index in [1.807, 2.05) is 11.9 Å². The first kappa shape index (κ1) is 13.0. The summed E-state index contributed by atoms with van der Waals surface area (Å²) in [5.74, 6) is 0. The maximum Gasteiger partial charge on any atom is 0.317 e. The molecule has 1 fully saturated rings. The Bertz CT molecular complexity index is 432. The Hall–Kier alpha value is -1.49. The average Bonchev–Trinajstić information content (AvgIpc) is 2.64. The summed E-state index contributed by atoms with van der Waals surface area (Å²) in [6.45, 7) is 8.12. The van der Waals surface area contributed by atoms with Crippen molar-refractivity contribution in [1.29, 1.82) is 0 Å². The van der Waals surface area contributed by atoms with E-state index in [9.17, 15) is 4.79 Å². The van der Waals surface area contributed by atoms with Crippen molar-refractivity contribution in [2.24, 2.45) is 7.05 Å². The summed E-state index contributed by atoms with van der Waals surface area (Å²) in [6, 6.07) is 2.17. The van der Waals surface area contributed by atoms with Crippen molar-refractivity contribution < 1.29 is 4.79 Å². The molecule has 0 saturated carbocycles. The highest BCUT2D eigenvalue weighted by Gasteiger charge is 2.16. The maximum atomic E-state index is 12.0. The summed E-state index contributed by atoms with van der Waals surface area (Å²) in [4.78, 5) is 13.8. The van der Waals surface area contributed by atoms with Crippen LogP contribution >= 0.6 is 0 Å². The summed E-state index contributed by atoms with van der Waals surface area (Å²) in [7, 11) is 2.05. The number of piperazine rings is 1. The van der Waals surface area contributed by atoms with Gasteiger partial charge in [0.1, 0.15) is 0 Å². The Morgan fingerprint density at radius 2 is 2.06 bits per heavy atom. The second kappa shape index (κ2) is 5.44. The van der Waals surface area contributed by atoms with Crippen molar-refractivity contribution in [3.05, 3.63) is 23.0 Å². The minimum Gasteiger partial charge on any atom is -0.352 e. The lowest BCUT2D eigenvalue weighted by molar-refractivity contribution is 0.189. The van der Waals surface area contributed by atoms with Gasteiger partial charge in [-0.05, 0) is 25.5 Å². The van der Waals surface area contributed by atoms with E-state index in [0.717, 1.165) is 26.2 Å². The second-order valence-corrected chi connectivity index (χ2v) is 4.85. The molecular weight excluding hydrogens is 228 g/mol. The van der Waals surface area contributed by atoms with E-state index in [0.29, 0.717) is 6.54 Å². The molecule has 2 heterocycles. The first-order valence-electron chi connectivity index (χ1n) is 6.45. The molecule has 0 unspecified atom stereocenters. The lowest BCUT2D eigenvalue weighted by Gasteiger charge is -2.27. The number of nitrogens with one attached hydrogen (secondary N) is 2. The first-order chi connectivity index (χ1) is 8.59. The molecule has 100 valence electrons. The molecular formula is C13H22N4O. The molecule has 1 saturated heterocycles. The Morgan fingerprint density at radius 3 is 2.61 bits per heavy atom. The SMILES string of the molecule is Cc1cc(CNC(=O)N2CCNCC2)c(C)n1C. The third-order valence-corrected chi connectivity index (χ3v) is 3.71. The van der Waals surface area contributed by atoms with Crippen LogP contribution in [0.2, 0.25) is 0 Å². The summed E-state index contributed by atoms with van der Waals surface area (Å²) < 4.78 is 2.15. The molecule has 0 aliphatic carbocycles. The van der Waals surface area contributed by atoms with Crippen LogP contribution in [0, 0.1) is 13.8 Å². The monoisotopic (exact) mass is 250 g/mol. The molecule has 18 heavy (non-hydrogen) atoms. The van der Waals surface area contributed by atoms with Crippen LogP contribution in [0.15, 0.2) is 6.07 Å². The summed E-state index contributed by atoms with van der Waals surface area (Å²) in [5, 5.41) is 6.23. The van der Waals surface area contributed by atoms with E-state index < -0.39 is 0 Å². The van der Waals surface area contributed by atoms with E-state index in [4.69, 9.17) is 0 Å². The van der Waals surface area contributed by atoms with Crippen molar-refractivity contribution in [2.75, 3.05) is 26.2 Å². The number of urea groups is 1. The standard InChI is InChI=1S/C13H22N4O/c1-10-8-12(11(2)16(10)3)9-15-13(18)17-6-4-14-5-7-17/h8,14H,4-7,9H2,1-3H3,(H,15,18). The van der Waals surface area contributed by atoms with Gasteiger partial charge in [0.05, 0.1) is 0 Å². The number of carbonyl (C=O) groups excluding carboxylic acids is 1. The van der Waals surface area contributed by atoms with Gasteiger partial charge in [0.15, 0.2) is 0 Å². The van der Waals surface area contributed by atoms with Crippen LogP contribution in [0.4, 0.5) is 4.79 Å². The number of rotatable bonds is 2. The normalized spacial score (nSPS) is 15.8. The minimum absolute atomic E-state index is 0.0393. The van der Waals surface area contributed by atoms with Gasteiger partial charge in [-0.15, -0.1) is 0 Å². The highest BCUT2D eigenvalue weighted by Crippen LogP contribution is 2.12. The van der Waals surface area contributed by atoms with Crippen molar-refractivity contribution in [3.63, 3.8) is 0 Å². The van der Waals surface area contributed by atoms with Crippen LogP contribution in [0.5, 0.6) is 0 Å². The Labute approximate surface area is 108 Å². The predicted octanol–water partition coefficient (Wildman–Crippen LogP) is 0.757. The Balaban J connectivity index is 1.90. The fourth-order valence-electron chi connectivity index (χ4n) is 2.26. The predicted molar refractivity (Wildman–Crippen MR) is 71.6 cm³/mol. The molecule has 0 spiro atoms. The van der Waals surface area contributed by atoms with Gasteiger partial charge >= 0.3 is 6.03 Å². The number of aryl methyl sites for hydroxylation is 1. The van der Waals surface area contributed by atoms with Gasteiger partial charge in [0, 0.05) is 51.2 Å². The average molecular weight is 250 g/mol. The molecule has 1 aliphatic rings. The highest BCUT2D eigenvalue weighted by molar-refractivity contribution is 5.74. The molecule has 0 atom stereocenters. The molecule has 1 aromatic rings. The van der Waals surface area contributed by atoms with Gasteiger partial charge in [-0.25, -0.2) is 4.79 Å². The van der Waals surface area contributed by atoms with Gasteiger partial charge in [-0.1, -0.05) is 0 Å². The number of nitrogens with zero attached hydrogens (tertiary/aromatic N) is 2. The number of carbonyl (C=O) groups is 1. The zero-order chi connectivity index (χ0) is 13.1. The summed E-state index contributed by atoms with van der Waals surface area (Å²) in [6.07, 6.45) is 0. The molecule has 2 rings (SSSR count). The van der Waals surface area contributed by atoms with Crippen LogP contribution in [-0.4, -0.2) is 41.7 Å². The summed E-state index contributed by atoms with van der Waals surface area (Å²) in [5.41, 5.74) is 3.63. The zero-order valence-corrected chi connectivity index (χ0v) is 11.4. The molecule has 5 nitrogen and oxygen atoms in total. The lowest BCUT2D eigenvalue weighted by Crippen LogP contribution is -2.50. The molecule has 0 radical (unpaired) electrons. The molecule has 0 bridgehead atoms. The minimum atomic E-state index is 0.0393. The molecule has 2 amide bonds. The topological polar surface area (TPSA) is 49.3 Å².